The summed E-state index contributed by atoms with van der Waals surface area (Å²) in [5.74, 6) is -1.98. The summed E-state index contributed by atoms with van der Waals surface area (Å²) >= 11 is 0. The summed E-state index contributed by atoms with van der Waals surface area (Å²) in [6.07, 6.45) is 0.567. The van der Waals surface area contributed by atoms with Crippen molar-refractivity contribution >= 4 is 5.97 Å². The normalized spacial score (nSPS) is 23.4. The molecule has 1 aliphatic heterocycles. The number of hydrogen-bond acceptors (Lipinski definition) is 2. The number of aliphatic carboxylic acids is 1. The fourth-order valence-electron chi connectivity index (χ4n) is 2.90. The highest BCUT2D eigenvalue weighted by atomic mass is 19.1. The van der Waals surface area contributed by atoms with E-state index < -0.39 is 23.0 Å². The van der Waals surface area contributed by atoms with Gasteiger partial charge in [-0.05, 0) is 36.6 Å². The molecule has 1 fully saturated rings. The molecule has 0 saturated carbocycles. The number of likely N-dealkylation sites (tertiary alicyclic amines) is 1. The van der Waals surface area contributed by atoms with Gasteiger partial charge in [0, 0.05) is 19.2 Å². The molecular formula is C15H19F2NO2. The second kappa shape index (κ2) is 5.48. The van der Waals surface area contributed by atoms with Crippen LogP contribution in [0.25, 0.3) is 0 Å². The summed E-state index contributed by atoms with van der Waals surface area (Å²) in [5.41, 5.74) is -0.223. The maximum absolute atomic E-state index is 13.2. The van der Waals surface area contributed by atoms with Crippen molar-refractivity contribution in [1.29, 1.82) is 0 Å². The van der Waals surface area contributed by atoms with Crippen LogP contribution in [0.15, 0.2) is 18.2 Å². The molecule has 1 unspecified atom stereocenters. The number of carboxylic acids is 1. The van der Waals surface area contributed by atoms with Crippen molar-refractivity contribution in [3.8, 4) is 0 Å². The molecule has 1 aromatic carbocycles. The molecule has 5 heteroatoms. The van der Waals surface area contributed by atoms with Crippen LogP contribution >= 0.6 is 0 Å². The number of hydrogen-bond donors (Lipinski definition) is 1. The molecular weight excluding hydrogens is 264 g/mol. The predicted molar refractivity (Wildman–Crippen MR) is 71.2 cm³/mol. The number of carbonyl (C=O) groups is 1. The van der Waals surface area contributed by atoms with Crippen molar-refractivity contribution in [2.24, 2.45) is 11.3 Å². The minimum absolute atomic E-state index is 0.0224. The fourth-order valence-corrected chi connectivity index (χ4v) is 2.90. The Labute approximate surface area is 117 Å². The second-order valence-corrected chi connectivity index (χ2v) is 5.85. The lowest BCUT2D eigenvalue weighted by molar-refractivity contribution is -0.151. The van der Waals surface area contributed by atoms with Gasteiger partial charge in [-0.3, -0.25) is 9.69 Å². The Balaban J connectivity index is 2.11. The van der Waals surface area contributed by atoms with Gasteiger partial charge in [0.1, 0.15) is 11.6 Å². The molecule has 0 spiro atoms. The molecule has 110 valence electrons. The molecule has 1 N–H and O–H groups in total. The van der Waals surface area contributed by atoms with E-state index in [-0.39, 0.29) is 5.92 Å². The highest BCUT2D eigenvalue weighted by Gasteiger charge is 2.47. The first kappa shape index (κ1) is 14.9. The zero-order valence-corrected chi connectivity index (χ0v) is 11.7. The van der Waals surface area contributed by atoms with Crippen LogP contribution in [0.3, 0.4) is 0 Å². The standard InChI is InChI=1S/C15H19F2NO2/c1-10(2)15(14(19)20)3-4-18(9-15)8-11-5-12(16)7-13(17)6-11/h5-7,10H,3-4,8-9H2,1-2H3,(H,19,20). The zero-order valence-electron chi connectivity index (χ0n) is 11.7. The Morgan fingerprint density at radius 2 is 1.95 bits per heavy atom. The summed E-state index contributed by atoms with van der Waals surface area (Å²) in [7, 11) is 0. The largest absolute Gasteiger partial charge is 0.481 e. The summed E-state index contributed by atoms with van der Waals surface area (Å²) in [6.45, 7) is 5.22. The van der Waals surface area contributed by atoms with Gasteiger partial charge in [0.25, 0.3) is 0 Å². The molecule has 3 nitrogen and oxygen atoms in total. The summed E-state index contributed by atoms with van der Waals surface area (Å²) < 4.78 is 26.3. The quantitative estimate of drug-likeness (QED) is 0.923. The van der Waals surface area contributed by atoms with E-state index in [2.05, 4.69) is 0 Å². The molecule has 1 aliphatic rings. The number of nitrogens with zero attached hydrogens (tertiary/aromatic N) is 1. The Bertz CT molecular complexity index is 498. The Kier molecular flexibility index (Phi) is 4.09. The summed E-state index contributed by atoms with van der Waals surface area (Å²) in [6, 6.07) is 3.42. The van der Waals surface area contributed by atoms with Gasteiger partial charge in [-0.2, -0.15) is 0 Å². The molecule has 0 amide bonds. The lowest BCUT2D eigenvalue weighted by Crippen LogP contribution is -2.39. The highest BCUT2D eigenvalue weighted by molar-refractivity contribution is 5.75. The van der Waals surface area contributed by atoms with Gasteiger partial charge >= 0.3 is 5.97 Å². The Morgan fingerprint density at radius 1 is 1.35 bits per heavy atom. The third-order valence-electron chi connectivity index (χ3n) is 4.24. The van der Waals surface area contributed by atoms with Gasteiger partial charge in [-0.1, -0.05) is 13.8 Å². The van der Waals surface area contributed by atoms with Crippen molar-refractivity contribution < 1.29 is 18.7 Å². The number of carboxylic acid groups (broad SMARTS) is 1. The second-order valence-electron chi connectivity index (χ2n) is 5.85. The molecule has 0 aliphatic carbocycles. The van der Waals surface area contributed by atoms with Crippen LogP contribution in [-0.2, 0) is 11.3 Å². The molecule has 1 aromatic rings. The first-order valence-electron chi connectivity index (χ1n) is 6.74. The van der Waals surface area contributed by atoms with Crippen LogP contribution in [-0.4, -0.2) is 29.1 Å². The van der Waals surface area contributed by atoms with E-state index in [9.17, 15) is 18.7 Å². The van der Waals surface area contributed by atoms with Crippen LogP contribution in [0.2, 0.25) is 0 Å². The third-order valence-corrected chi connectivity index (χ3v) is 4.24. The van der Waals surface area contributed by atoms with Crippen LogP contribution in [0.1, 0.15) is 25.8 Å². The van der Waals surface area contributed by atoms with Crippen molar-refractivity contribution in [3.63, 3.8) is 0 Å². The van der Waals surface area contributed by atoms with E-state index in [4.69, 9.17) is 0 Å². The number of benzene rings is 1. The lowest BCUT2D eigenvalue weighted by atomic mass is 9.76. The molecule has 0 bridgehead atoms. The van der Waals surface area contributed by atoms with Gasteiger partial charge in [0.15, 0.2) is 0 Å². The highest BCUT2D eigenvalue weighted by Crippen LogP contribution is 2.38. The smallest absolute Gasteiger partial charge is 0.311 e. The molecule has 1 atom stereocenters. The first-order chi connectivity index (χ1) is 9.33. The van der Waals surface area contributed by atoms with E-state index >= 15 is 0 Å². The van der Waals surface area contributed by atoms with Gasteiger partial charge in [0.05, 0.1) is 5.41 Å². The van der Waals surface area contributed by atoms with E-state index in [0.29, 0.717) is 31.6 Å². The Hall–Kier alpha value is -1.49. The molecule has 0 radical (unpaired) electrons. The summed E-state index contributed by atoms with van der Waals surface area (Å²) in [4.78, 5) is 13.5. The Morgan fingerprint density at radius 3 is 2.40 bits per heavy atom. The van der Waals surface area contributed by atoms with Crippen molar-refractivity contribution in [2.75, 3.05) is 13.1 Å². The van der Waals surface area contributed by atoms with Gasteiger partial charge in [0.2, 0.25) is 0 Å². The first-order valence-corrected chi connectivity index (χ1v) is 6.74. The molecule has 1 heterocycles. The number of halogens is 2. The lowest BCUT2D eigenvalue weighted by Gasteiger charge is -2.28. The van der Waals surface area contributed by atoms with Crippen LogP contribution < -0.4 is 0 Å². The number of rotatable bonds is 4. The SMILES string of the molecule is CC(C)C1(C(=O)O)CCN(Cc2cc(F)cc(F)c2)C1. The van der Waals surface area contributed by atoms with Crippen molar-refractivity contribution in [3.05, 3.63) is 35.4 Å². The van der Waals surface area contributed by atoms with Crippen molar-refractivity contribution in [2.45, 2.75) is 26.8 Å². The monoisotopic (exact) mass is 283 g/mol. The van der Waals surface area contributed by atoms with Gasteiger partial charge < -0.3 is 5.11 Å². The van der Waals surface area contributed by atoms with Gasteiger partial charge in [-0.15, -0.1) is 0 Å². The van der Waals surface area contributed by atoms with Crippen LogP contribution in [0.4, 0.5) is 8.78 Å². The molecule has 1 saturated heterocycles. The van der Waals surface area contributed by atoms with Crippen LogP contribution in [0, 0.1) is 23.0 Å². The summed E-state index contributed by atoms with van der Waals surface area (Å²) in [5, 5.41) is 9.46. The van der Waals surface area contributed by atoms with E-state index in [0.717, 1.165) is 6.07 Å². The van der Waals surface area contributed by atoms with Crippen LogP contribution in [0.5, 0.6) is 0 Å². The van der Waals surface area contributed by atoms with Crippen molar-refractivity contribution in [1.82, 2.24) is 4.90 Å². The van der Waals surface area contributed by atoms with E-state index in [1.807, 2.05) is 18.7 Å². The topological polar surface area (TPSA) is 40.5 Å². The fraction of sp³-hybridized carbons (Fsp3) is 0.533. The molecule has 20 heavy (non-hydrogen) atoms. The minimum atomic E-state index is -0.791. The average molecular weight is 283 g/mol. The third kappa shape index (κ3) is 2.82. The zero-order chi connectivity index (χ0) is 14.9. The van der Waals surface area contributed by atoms with Gasteiger partial charge in [-0.25, -0.2) is 8.78 Å². The molecule has 0 aromatic heterocycles. The van der Waals surface area contributed by atoms with E-state index in [1.165, 1.54) is 12.1 Å². The minimum Gasteiger partial charge on any atom is -0.481 e. The maximum atomic E-state index is 13.2. The maximum Gasteiger partial charge on any atom is 0.311 e. The average Bonchev–Trinajstić information content (AvgIpc) is 2.72. The predicted octanol–water partition coefficient (Wildman–Crippen LogP) is 2.90. The molecule has 2 rings (SSSR count). The van der Waals surface area contributed by atoms with E-state index in [1.54, 1.807) is 0 Å².